The molecule has 7 heteroatoms. The molecule has 1 N–H and O–H groups in total. The van der Waals surface area contributed by atoms with Gasteiger partial charge in [0.2, 0.25) is 17.7 Å². The summed E-state index contributed by atoms with van der Waals surface area (Å²) in [7, 11) is 0. The second-order valence-electron chi connectivity index (χ2n) is 7.10. The van der Waals surface area contributed by atoms with Gasteiger partial charge in [-0.1, -0.05) is 24.3 Å². The first-order chi connectivity index (χ1) is 15.0. The number of imide groups is 1. The number of hydrogen-bond donors (Lipinski definition) is 1. The fraction of sp³-hybridized carbons (Fsp3) is 0.125. The Morgan fingerprint density at radius 1 is 0.968 bits per heavy atom. The highest BCUT2D eigenvalue weighted by Crippen LogP contribution is 2.29. The minimum atomic E-state index is -0.275. The Bertz CT molecular complexity index is 1130. The van der Waals surface area contributed by atoms with Gasteiger partial charge in [-0.3, -0.25) is 19.3 Å². The lowest BCUT2D eigenvalue weighted by Crippen LogP contribution is -2.28. The third-order valence-electron chi connectivity index (χ3n) is 4.87. The van der Waals surface area contributed by atoms with Crippen molar-refractivity contribution in [3.8, 4) is 10.4 Å². The first-order valence-corrected chi connectivity index (χ1v) is 10.6. The number of rotatable bonds is 6. The van der Waals surface area contributed by atoms with Gasteiger partial charge in [-0.15, -0.1) is 11.3 Å². The minimum absolute atomic E-state index is 0.149. The van der Waals surface area contributed by atoms with Crippen LogP contribution in [0.2, 0.25) is 0 Å². The Kier molecular flexibility index (Phi) is 6.04. The molecular formula is C24H19FN2O3S. The Hall–Kier alpha value is -3.58. The summed E-state index contributed by atoms with van der Waals surface area (Å²) in [5.41, 5.74) is 2.37. The molecular weight excluding hydrogens is 415 g/mol. The van der Waals surface area contributed by atoms with E-state index in [0.29, 0.717) is 5.69 Å². The molecule has 156 valence electrons. The molecule has 2 aromatic carbocycles. The molecule has 0 saturated carbocycles. The standard InChI is InChI=1S/C24H19FN2O3S/c25-18-5-3-17(4-6-18)21-11-9-20(31-21)10-12-22(28)26-19-7-1-16(2-8-19)15-27-23(29)13-14-24(27)30/h1-12H,13-15H2,(H,26,28)/b12-10+. The summed E-state index contributed by atoms with van der Waals surface area (Å²) in [6.07, 6.45) is 3.73. The lowest BCUT2D eigenvalue weighted by atomic mass is 10.2. The van der Waals surface area contributed by atoms with E-state index in [-0.39, 0.29) is 42.9 Å². The first-order valence-electron chi connectivity index (χ1n) is 9.75. The molecule has 31 heavy (non-hydrogen) atoms. The van der Waals surface area contributed by atoms with E-state index in [2.05, 4.69) is 5.32 Å². The smallest absolute Gasteiger partial charge is 0.248 e. The maximum Gasteiger partial charge on any atom is 0.248 e. The molecule has 2 heterocycles. The van der Waals surface area contributed by atoms with Crippen LogP contribution < -0.4 is 5.32 Å². The van der Waals surface area contributed by atoms with Crippen LogP contribution in [0.15, 0.2) is 66.7 Å². The highest BCUT2D eigenvalue weighted by molar-refractivity contribution is 7.16. The van der Waals surface area contributed by atoms with Crippen molar-refractivity contribution in [3.05, 3.63) is 83.0 Å². The second-order valence-corrected chi connectivity index (χ2v) is 8.22. The maximum atomic E-state index is 13.1. The van der Waals surface area contributed by atoms with Crippen LogP contribution in [0.25, 0.3) is 16.5 Å². The van der Waals surface area contributed by atoms with Crippen LogP contribution in [0.4, 0.5) is 10.1 Å². The zero-order valence-electron chi connectivity index (χ0n) is 16.5. The number of hydrogen-bond acceptors (Lipinski definition) is 4. The maximum absolute atomic E-state index is 13.1. The Labute approximate surface area is 182 Å². The topological polar surface area (TPSA) is 66.5 Å². The lowest BCUT2D eigenvalue weighted by molar-refractivity contribution is -0.139. The van der Waals surface area contributed by atoms with E-state index < -0.39 is 0 Å². The normalized spacial score (nSPS) is 13.9. The van der Waals surface area contributed by atoms with Gasteiger partial charge in [0.05, 0.1) is 6.54 Å². The predicted octanol–water partition coefficient (Wildman–Crippen LogP) is 4.86. The quantitative estimate of drug-likeness (QED) is 0.445. The van der Waals surface area contributed by atoms with E-state index in [1.807, 2.05) is 12.1 Å². The van der Waals surface area contributed by atoms with Crippen molar-refractivity contribution < 1.29 is 18.8 Å². The van der Waals surface area contributed by atoms with Gasteiger partial charge in [0.1, 0.15) is 5.82 Å². The summed E-state index contributed by atoms with van der Waals surface area (Å²) in [6, 6.07) is 17.2. The van der Waals surface area contributed by atoms with Crippen molar-refractivity contribution in [3.63, 3.8) is 0 Å². The van der Waals surface area contributed by atoms with Gasteiger partial charge >= 0.3 is 0 Å². The number of halogens is 1. The van der Waals surface area contributed by atoms with Crippen molar-refractivity contribution in [2.75, 3.05) is 5.32 Å². The molecule has 3 amide bonds. The third-order valence-corrected chi connectivity index (χ3v) is 5.97. The molecule has 1 aromatic heterocycles. The van der Waals surface area contributed by atoms with Crippen LogP contribution in [0.3, 0.4) is 0 Å². The Morgan fingerprint density at radius 2 is 1.65 bits per heavy atom. The number of carbonyl (C=O) groups excluding carboxylic acids is 3. The molecule has 0 unspecified atom stereocenters. The number of thiophene rings is 1. The van der Waals surface area contributed by atoms with E-state index in [9.17, 15) is 18.8 Å². The van der Waals surface area contributed by atoms with Crippen molar-refractivity contribution >= 4 is 40.8 Å². The summed E-state index contributed by atoms with van der Waals surface area (Å²) < 4.78 is 13.1. The molecule has 0 bridgehead atoms. The van der Waals surface area contributed by atoms with Crippen LogP contribution in [-0.4, -0.2) is 22.6 Å². The van der Waals surface area contributed by atoms with Crippen molar-refractivity contribution in [1.29, 1.82) is 0 Å². The molecule has 4 rings (SSSR count). The SMILES string of the molecule is O=C(/C=C/c1ccc(-c2ccc(F)cc2)s1)Nc1ccc(CN2C(=O)CCC2=O)cc1. The largest absolute Gasteiger partial charge is 0.323 e. The molecule has 0 aliphatic carbocycles. The van der Waals surface area contributed by atoms with Crippen LogP contribution in [0, 0.1) is 5.82 Å². The van der Waals surface area contributed by atoms with Gasteiger partial charge < -0.3 is 5.32 Å². The van der Waals surface area contributed by atoms with Crippen LogP contribution in [0.1, 0.15) is 23.3 Å². The summed E-state index contributed by atoms with van der Waals surface area (Å²) in [5.74, 6) is -0.843. The van der Waals surface area contributed by atoms with Crippen LogP contribution >= 0.6 is 11.3 Å². The fourth-order valence-corrected chi connectivity index (χ4v) is 4.14. The number of anilines is 1. The van der Waals surface area contributed by atoms with Gasteiger partial charge in [-0.2, -0.15) is 0 Å². The molecule has 0 atom stereocenters. The van der Waals surface area contributed by atoms with Gasteiger partial charge in [0.15, 0.2) is 0 Å². The van der Waals surface area contributed by atoms with Gasteiger partial charge in [0, 0.05) is 34.4 Å². The molecule has 1 aliphatic rings. The monoisotopic (exact) mass is 434 g/mol. The number of nitrogens with one attached hydrogen (secondary N) is 1. The highest BCUT2D eigenvalue weighted by atomic mass is 32.1. The first kappa shape index (κ1) is 20.7. The van der Waals surface area contributed by atoms with Crippen LogP contribution in [-0.2, 0) is 20.9 Å². The summed E-state index contributed by atoms with van der Waals surface area (Å²) in [6.45, 7) is 0.251. The van der Waals surface area contributed by atoms with Gasteiger partial charge in [0.25, 0.3) is 0 Å². The van der Waals surface area contributed by atoms with Crippen molar-refractivity contribution in [2.24, 2.45) is 0 Å². The van der Waals surface area contributed by atoms with E-state index in [1.54, 1.807) is 42.5 Å². The molecule has 0 spiro atoms. The van der Waals surface area contributed by atoms with Gasteiger partial charge in [-0.05, 0) is 53.6 Å². The van der Waals surface area contributed by atoms with E-state index >= 15 is 0 Å². The summed E-state index contributed by atoms with van der Waals surface area (Å²) in [4.78, 5) is 38.8. The molecule has 1 saturated heterocycles. The van der Waals surface area contributed by atoms with E-state index in [1.165, 1.54) is 34.4 Å². The second kappa shape index (κ2) is 9.06. The Morgan fingerprint density at radius 3 is 2.32 bits per heavy atom. The zero-order chi connectivity index (χ0) is 21.8. The predicted molar refractivity (Wildman–Crippen MR) is 119 cm³/mol. The molecule has 1 aliphatic heterocycles. The third kappa shape index (κ3) is 5.13. The molecule has 3 aromatic rings. The minimum Gasteiger partial charge on any atom is -0.323 e. The fourth-order valence-electron chi connectivity index (χ4n) is 3.23. The zero-order valence-corrected chi connectivity index (χ0v) is 17.3. The van der Waals surface area contributed by atoms with Crippen LogP contribution in [0.5, 0.6) is 0 Å². The number of amides is 3. The lowest BCUT2D eigenvalue weighted by Gasteiger charge is -2.14. The summed E-state index contributed by atoms with van der Waals surface area (Å²) >= 11 is 1.51. The number of likely N-dealkylation sites (tertiary alicyclic amines) is 1. The molecule has 1 fully saturated rings. The molecule has 0 radical (unpaired) electrons. The average Bonchev–Trinajstić information content (AvgIpc) is 3.36. The average molecular weight is 434 g/mol. The summed E-state index contributed by atoms with van der Waals surface area (Å²) in [5, 5.41) is 2.79. The molecule has 5 nitrogen and oxygen atoms in total. The van der Waals surface area contributed by atoms with Crippen molar-refractivity contribution in [2.45, 2.75) is 19.4 Å². The van der Waals surface area contributed by atoms with Crippen molar-refractivity contribution in [1.82, 2.24) is 4.90 Å². The number of nitrogens with zero attached hydrogens (tertiary/aromatic N) is 1. The van der Waals surface area contributed by atoms with Gasteiger partial charge in [-0.25, -0.2) is 4.39 Å². The van der Waals surface area contributed by atoms with E-state index in [0.717, 1.165) is 20.9 Å². The van der Waals surface area contributed by atoms with E-state index in [4.69, 9.17) is 0 Å². The highest BCUT2D eigenvalue weighted by Gasteiger charge is 2.28. The number of benzene rings is 2. The Balaban J connectivity index is 1.33. The number of carbonyl (C=O) groups is 3.